The summed E-state index contributed by atoms with van der Waals surface area (Å²) in [5.74, 6) is 0.158. The molecule has 158 valence electrons. The second-order valence-electron chi connectivity index (χ2n) is 7.67. The van der Waals surface area contributed by atoms with Gasteiger partial charge in [-0.3, -0.25) is 9.48 Å². The number of amides is 1. The number of anilines is 1. The number of benzene rings is 2. The molecular weight excluding hydrogens is 394 g/mol. The summed E-state index contributed by atoms with van der Waals surface area (Å²) in [5.41, 5.74) is 2.77. The minimum Gasteiger partial charge on any atom is -0.491 e. The van der Waals surface area contributed by atoms with Gasteiger partial charge in [0.05, 0.1) is 30.1 Å². The van der Waals surface area contributed by atoms with Gasteiger partial charge in [-0.05, 0) is 38.5 Å². The SMILES string of the molecule is Cc1ccc(Cn2cc(NC(=O)c3cc(=O)oc4cc(OC(C)C)ccc34)cn2)cc1. The summed E-state index contributed by atoms with van der Waals surface area (Å²) < 4.78 is 12.7. The van der Waals surface area contributed by atoms with E-state index in [1.807, 2.05) is 45.0 Å². The van der Waals surface area contributed by atoms with Crippen molar-refractivity contribution in [2.24, 2.45) is 0 Å². The van der Waals surface area contributed by atoms with Crippen LogP contribution in [0.15, 0.2) is 70.1 Å². The number of aryl methyl sites for hydroxylation is 1. The van der Waals surface area contributed by atoms with Crippen LogP contribution in [-0.2, 0) is 6.54 Å². The number of carbonyl (C=O) groups is 1. The lowest BCUT2D eigenvalue weighted by atomic mass is 10.1. The molecule has 2 heterocycles. The van der Waals surface area contributed by atoms with Gasteiger partial charge in [0.25, 0.3) is 5.91 Å². The van der Waals surface area contributed by atoms with Crippen molar-refractivity contribution in [1.29, 1.82) is 0 Å². The van der Waals surface area contributed by atoms with Crippen molar-refractivity contribution < 1.29 is 13.9 Å². The van der Waals surface area contributed by atoms with E-state index in [-0.39, 0.29) is 11.7 Å². The first-order valence-electron chi connectivity index (χ1n) is 10.0. The van der Waals surface area contributed by atoms with E-state index in [0.717, 1.165) is 5.56 Å². The fourth-order valence-electron chi connectivity index (χ4n) is 3.27. The topological polar surface area (TPSA) is 86.4 Å². The number of nitrogens with zero attached hydrogens (tertiary/aromatic N) is 2. The van der Waals surface area contributed by atoms with Crippen molar-refractivity contribution in [1.82, 2.24) is 9.78 Å². The molecule has 2 aromatic carbocycles. The quantitative estimate of drug-likeness (QED) is 0.470. The highest BCUT2D eigenvalue weighted by Crippen LogP contribution is 2.24. The summed E-state index contributed by atoms with van der Waals surface area (Å²) in [6, 6.07) is 14.5. The van der Waals surface area contributed by atoms with Crippen LogP contribution in [0.2, 0.25) is 0 Å². The maximum atomic E-state index is 12.9. The molecule has 31 heavy (non-hydrogen) atoms. The number of nitrogens with one attached hydrogen (secondary N) is 1. The van der Waals surface area contributed by atoms with Crippen molar-refractivity contribution in [3.8, 4) is 5.75 Å². The Bertz CT molecular complexity index is 1290. The first kappa shape index (κ1) is 20.4. The van der Waals surface area contributed by atoms with Gasteiger partial charge in [0.15, 0.2) is 0 Å². The normalized spacial score (nSPS) is 11.1. The second kappa shape index (κ2) is 8.47. The van der Waals surface area contributed by atoms with Crippen LogP contribution >= 0.6 is 0 Å². The third-order valence-electron chi connectivity index (χ3n) is 4.69. The average Bonchev–Trinajstić information content (AvgIpc) is 3.15. The molecule has 0 saturated carbocycles. The highest BCUT2D eigenvalue weighted by atomic mass is 16.5. The molecule has 0 unspecified atom stereocenters. The van der Waals surface area contributed by atoms with Gasteiger partial charge in [0.2, 0.25) is 0 Å². The van der Waals surface area contributed by atoms with Gasteiger partial charge in [-0.25, -0.2) is 4.79 Å². The van der Waals surface area contributed by atoms with Gasteiger partial charge in [-0.2, -0.15) is 5.10 Å². The largest absolute Gasteiger partial charge is 0.491 e. The Morgan fingerprint density at radius 2 is 1.94 bits per heavy atom. The molecule has 0 aliphatic carbocycles. The molecule has 4 rings (SSSR count). The van der Waals surface area contributed by atoms with E-state index >= 15 is 0 Å². The summed E-state index contributed by atoms with van der Waals surface area (Å²) in [4.78, 5) is 24.9. The third kappa shape index (κ3) is 4.83. The summed E-state index contributed by atoms with van der Waals surface area (Å²) in [5, 5.41) is 7.64. The molecule has 0 saturated heterocycles. The molecule has 1 amide bonds. The number of carbonyl (C=O) groups excluding carboxylic acids is 1. The highest BCUT2D eigenvalue weighted by molar-refractivity contribution is 6.12. The van der Waals surface area contributed by atoms with E-state index in [4.69, 9.17) is 9.15 Å². The van der Waals surface area contributed by atoms with Crippen molar-refractivity contribution in [2.75, 3.05) is 5.32 Å². The number of fused-ring (bicyclic) bond motifs is 1. The highest BCUT2D eigenvalue weighted by Gasteiger charge is 2.15. The predicted octanol–water partition coefficient (Wildman–Crippen LogP) is 4.39. The molecule has 0 fully saturated rings. The summed E-state index contributed by atoms with van der Waals surface area (Å²) in [6.45, 7) is 6.44. The molecule has 0 bridgehead atoms. The Kier molecular flexibility index (Phi) is 5.58. The number of hydrogen-bond donors (Lipinski definition) is 1. The number of rotatable bonds is 6. The monoisotopic (exact) mass is 417 g/mol. The van der Waals surface area contributed by atoms with Gasteiger partial charge >= 0.3 is 5.63 Å². The molecular formula is C24H23N3O4. The van der Waals surface area contributed by atoms with Gasteiger partial charge in [0.1, 0.15) is 11.3 Å². The number of ether oxygens (including phenoxy) is 1. The zero-order chi connectivity index (χ0) is 22.0. The molecule has 4 aromatic rings. The van der Waals surface area contributed by atoms with Gasteiger partial charge in [-0.15, -0.1) is 0 Å². The Hall–Kier alpha value is -3.87. The lowest BCUT2D eigenvalue weighted by Crippen LogP contribution is -2.15. The van der Waals surface area contributed by atoms with Crippen LogP contribution in [0.25, 0.3) is 11.0 Å². The lowest BCUT2D eigenvalue weighted by Gasteiger charge is -2.11. The Labute approximate surface area is 179 Å². The summed E-state index contributed by atoms with van der Waals surface area (Å²) >= 11 is 0. The zero-order valence-corrected chi connectivity index (χ0v) is 17.6. The number of hydrogen-bond acceptors (Lipinski definition) is 5. The summed E-state index contributed by atoms with van der Waals surface area (Å²) in [6.07, 6.45) is 3.31. The van der Waals surface area contributed by atoms with E-state index in [9.17, 15) is 9.59 Å². The van der Waals surface area contributed by atoms with Gasteiger partial charge < -0.3 is 14.5 Å². The predicted molar refractivity (Wildman–Crippen MR) is 119 cm³/mol. The fraction of sp³-hybridized carbons (Fsp3) is 0.208. The third-order valence-corrected chi connectivity index (χ3v) is 4.69. The van der Waals surface area contributed by atoms with Crippen LogP contribution < -0.4 is 15.7 Å². The molecule has 0 radical (unpaired) electrons. The van der Waals surface area contributed by atoms with Crippen LogP contribution in [0.4, 0.5) is 5.69 Å². The Balaban J connectivity index is 1.55. The first-order valence-corrected chi connectivity index (χ1v) is 10.0. The smallest absolute Gasteiger partial charge is 0.337 e. The molecule has 0 aliphatic heterocycles. The Morgan fingerprint density at radius 1 is 1.16 bits per heavy atom. The molecule has 0 atom stereocenters. The average molecular weight is 417 g/mol. The summed E-state index contributed by atoms with van der Waals surface area (Å²) in [7, 11) is 0. The van der Waals surface area contributed by atoms with Crippen molar-refractivity contribution in [2.45, 2.75) is 33.4 Å². The lowest BCUT2D eigenvalue weighted by molar-refractivity contribution is 0.102. The minimum absolute atomic E-state index is 0.0212. The number of aromatic nitrogens is 2. The van der Waals surface area contributed by atoms with E-state index in [0.29, 0.717) is 29.0 Å². The molecule has 0 spiro atoms. The van der Waals surface area contributed by atoms with E-state index < -0.39 is 11.5 Å². The van der Waals surface area contributed by atoms with Gasteiger partial charge in [0, 0.05) is 23.7 Å². The molecule has 0 aliphatic rings. The van der Waals surface area contributed by atoms with Crippen LogP contribution in [0.1, 0.15) is 35.3 Å². The molecule has 7 heteroatoms. The van der Waals surface area contributed by atoms with Crippen molar-refractivity contribution >= 4 is 22.6 Å². The molecule has 7 nitrogen and oxygen atoms in total. The van der Waals surface area contributed by atoms with Crippen molar-refractivity contribution in [3.05, 3.63) is 88.0 Å². The van der Waals surface area contributed by atoms with Crippen LogP contribution in [0, 0.1) is 6.92 Å². The van der Waals surface area contributed by atoms with Crippen LogP contribution in [0.5, 0.6) is 5.75 Å². The Morgan fingerprint density at radius 3 is 2.68 bits per heavy atom. The van der Waals surface area contributed by atoms with Crippen molar-refractivity contribution in [3.63, 3.8) is 0 Å². The minimum atomic E-state index is -0.602. The first-order chi connectivity index (χ1) is 14.9. The zero-order valence-electron chi connectivity index (χ0n) is 17.6. The molecule has 2 aromatic heterocycles. The van der Waals surface area contributed by atoms with Crippen LogP contribution in [-0.4, -0.2) is 21.8 Å². The van der Waals surface area contributed by atoms with E-state index in [2.05, 4.69) is 10.4 Å². The van der Waals surface area contributed by atoms with Crippen LogP contribution in [0.3, 0.4) is 0 Å². The fourth-order valence-corrected chi connectivity index (χ4v) is 3.27. The standard InChI is InChI=1S/C24H23N3O4/c1-15(2)30-19-8-9-20-21(11-23(28)31-22(20)10-19)24(29)26-18-12-25-27(14-18)13-17-6-4-16(3)5-7-17/h4-12,14-15H,13H2,1-3H3,(H,26,29). The molecule has 1 N–H and O–H groups in total. The maximum absolute atomic E-state index is 12.9. The van der Waals surface area contributed by atoms with Gasteiger partial charge in [-0.1, -0.05) is 29.8 Å². The van der Waals surface area contributed by atoms with E-state index in [1.165, 1.54) is 11.6 Å². The maximum Gasteiger partial charge on any atom is 0.337 e. The van der Waals surface area contributed by atoms with E-state index in [1.54, 1.807) is 35.3 Å². The second-order valence-corrected chi connectivity index (χ2v) is 7.67.